The predicted molar refractivity (Wildman–Crippen MR) is 110 cm³/mol. The molecule has 1 saturated heterocycles. The molecule has 1 fully saturated rings. The van der Waals surface area contributed by atoms with Crippen molar-refractivity contribution in [1.82, 2.24) is 14.9 Å². The van der Waals surface area contributed by atoms with E-state index in [2.05, 4.69) is 57.3 Å². The van der Waals surface area contributed by atoms with Crippen molar-refractivity contribution >= 4 is 33.5 Å². The molecule has 2 aromatic heterocycles. The van der Waals surface area contributed by atoms with Crippen LogP contribution in [-0.2, 0) is 11.3 Å². The van der Waals surface area contributed by atoms with E-state index >= 15 is 0 Å². The number of rotatable bonds is 3. The fourth-order valence-corrected chi connectivity index (χ4v) is 3.91. The Morgan fingerprint density at radius 1 is 0.963 bits per heavy atom. The molecule has 27 heavy (non-hydrogen) atoms. The van der Waals surface area contributed by atoms with Crippen LogP contribution in [-0.4, -0.2) is 41.2 Å². The van der Waals surface area contributed by atoms with Crippen LogP contribution in [0.1, 0.15) is 5.56 Å². The molecule has 1 aliphatic rings. The van der Waals surface area contributed by atoms with Gasteiger partial charge >= 0.3 is 0 Å². The third kappa shape index (κ3) is 3.32. The van der Waals surface area contributed by atoms with Crippen LogP contribution in [0, 0.1) is 0 Å². The van der Waals surface area contributed by atoms with Crippen molar-refractivity contribution in [2.24, 2.45) is 0 Å². The smallest absolute Gasteiger partial charge is 0.138 e. The van der Waals surface area contributed by atoms with Gasteiger partial charge in [-0.25, -0.2) is 4.98 Å². The lowest BCUT2D eigenvalue weighted by molar-refractivity contribution is 0.0342. The minimum Gasteiger partial charge on any atom is -0.379 e. The third-order valence-corrected chi connectivity index (χ3v) is 5.42. The standard InChI is InChI=1S/C22H20ClN3O/c23-18-12-20-19-11-17(5-6-21(19)25-22(20)24-13-18)16-3-1-15(2-4-16)14-26-7-9-27-10-8-26/h1-6,11-13H,7-10,14H2,(H,24,25). The molecule has 5 heteroatoms. The monoisotopic (exact) mass is 377 g/mol. The number of halogens is 1. The molecule has 1 aliphatic heterocycles. The fraction of sp³-hybridized carbons (Fsp3) is 0.227. The molecule has 0 aliphatic carbocycles. The summed E-state index contributed by atoms with van der Waals surface area (Å²) in [4.78, 5) is 10.2. The molecule has 3 heterocycles. The van der Waals surface area contributed by atoms with Gasteiger partial charge in [-0.2, -0.15) is 0 Å². The van der Waals surface area contributed by atoms with E-state index < -0.39 is 0 Å². The van der Waals surface area contributed by atoms with Gasteiger partial charge in [-0.15, -0.1) is 0 Å². The number of hydrogen-bond acceptors (Lipinski definition) is 3. The summed E-state index contributed by atoms with van der Waals surface area (Å²) < 4.78 is 5.42. The maximum Gasteiger partial charge on any atom is 0.138 e. The van der Waals surface area contributed by atoms with Crippen LogP contribution in [0.15, 0.2) is 54.7 Å². The van der Waals surface area contributed by atoms with E-state index in [-0.39, 0.29) is 0 Å². The number of fused-ring (bicyclic) bond motifs is 3. The summed E-state index contributed by atoms with van der Waals surface area (Å²) in [5.41, 5.74) is 5.69. The number of hydrogen-bond donors (Lipinski definition) is 1. The van der Waals surface area contributed by atoms with Crippen molar-refractivity contribution in [3.05, 3.63) is 65.3 Å². The van der Waals surface area contributed by atoms with Crippen molar-refractivity contribution in [2.45, 2.75) is 6.54 Å². The van der Waals surface area contributed by atoms with Crippen LogP contribution < -0.4 is 0 Å². The molecule has 4 aromatic rings. The highest BCUT2D eigenvalue weighted by molar-refractivity contribution is 6.31. The van der Waals surface area contributed by atoms with Gasteiger partial charge in [0.1, 0.15) is 5.65 Å². The Morgan fingerprint density at radius 3 is 2.56 bits per heavy atom. The zero-order valence-electron chi connectivity index (χ0n) is 14.9. The second kappa shape index (κ2) is 6.97. The SMILES string of the molecule is Clc1cnc2[nH]c3ccc(-c4ccc(CN5CCOCC5)cc4)cc3c2c1. The molecule has 4 nitrogen and oxygen atoms in total. The number of nitrogens with one attached hydrogen (secondary N) is 1. The average molecular weight is 378 g/mol. The number of morpholine rings is 1. The summed E-state index contributed by atoms with van der Waals surface area (Å²) in [5, 5.41) is 2.86. The Morgan fingerprint density at radius 2 is 1.74 bits per heavy atom. The molecule has 0 atom stereocenters. The molecule has 5 rings (SSSR count). The van der Waals surface area contributed by atoms with Gasteiger partial charge in [0, 0.05) is 42.1 Å². The zero-order valence-corrected chi connectivity index (χ0v) is 15.7. The Labute approximate surface area is 162 Å². The van der Waals surface area contributed by atoms with E-state index in [0.29, 0.717) is 5.02 Å². The molecule has 2 aromatic carbocycles. The number of ether oxygens (including phenoxy) is 1. The highest BCUT2D eigenvalue weighted by Gasteiger charge is 2.11. The number of benzene rings is 2. The summed E-state index contributed by atoms with van der Waals surface area (Å²) in [6.45, 7) is 4.67. The maximum atomic E-state index is 6.14. The highest BCUT2D eigenvalue weighted by Crippen LogP contribution is 2.30. The highest BCUT2D eigenvalue weighted by atomic mass is 35.5. The van der Waals surface area contributed by atoms with Gasteiger partial charge < -0.3 is 9.72 Å². The first kappa shape index (κ1) is 16.8. The van der Waals surface area contributed by atoms with E-state index in [9.17, 15) is 0 Å². The molecule has 136 valence electrons. The van der Waals surface area contributed by atoms with E-state index in [4.69, 9.17) is 16.3 Å². The van der Waals surface area contributed by atoms with Crippen molar-refractivity contribution < 1.29 is 4.74 Å². The van der Waals surface area contributed by atoms with Crippen molar-refractivity contribution in [3.63, 3.8) is 0 Å². The zero-order chi connectivity index (χ0) is 18.2. The van der Waals surface area contributed by atoms with Crippen LogP contribution in [0.5, 0.6) is 0 Å². The number of aromatic amines is 1. The van der Waals surface area contributed by atoms with Crippen molar-refractivity contribution in [1.29, 1.82) is 0 Å². The summed E-state index contributed by atoms with van der Waals surface area (Å²) >= 11 is 6.14. The van der Waals surface area contributed by atoms with Gasteiger partial charge in [0.25, 0.3) is 0 Å². The number of aromatic nitrogens is 2. The van der Waals surface area contributed by atoms with Gasteiger partial charge in [0.05, 0.1) is 18.2 Å². The molecular weight excluding hydrogens is 358 g/mol. The van der Waals surface area contributed by atoms with Crippen LogP contribution in [0.4, 0.5) is 0 Å². The predicted octanol–water partition coefficient (Wildman–Crippen LogP) is 4.87. The second-order valence-corrected chi connectivity index (χ2v) is 7.46. The topological polar surface area (TPSA) is 41.2 Å². The number of pyridine rings is 1. The summed E-state index contributed by atoms with van der Waals surface area (Å²) in [6.07, 6.45) is 1.67. The Bertz CT molecular complexity index is 1100. The van der Waals surface area contributed by atoms with E-state index in [0.717, 1.165) is 54.8 Å². The molecule has 0 amide bonds. The largest absolute Gasteiger partial charge is 0.379 e. The van der Waals surface area contributed by atoms with Crippen LogP contribution in [0.3, 0.4) is 0 Å². The lowest BCUT2D eigenvalue weighted by Gasteiger charge is -2.26. The number of H-pyrrole nitrogens is 1. The first-order valence-electron chi connectivity index (χ1n) is 9.23. The first-order valence-corrected chi connectivity index (χ1v) is 9.60. The molecule has 0 spiro atoms. The van der Waals surface area contributed by atoms with Crippen LogP contribution >= 0.6 is 11.6 Å². The van der Waals surface area contributed by atoms with Gasteiger partial charge in [-0.1, -0.05) is 41.9 Å². The minimum absolute atomic E-state index is 0.654. The second-order valence-electron chi connectivity index (χ2n) is 7.02. The van der Waals surface area contributed by atoms with E-state index in [1.807, 2.05) is 6.07 Å². The summed E-state index contributed by atoms with van der Waals surface area (Å²) in [7, 11) is 0. The van der Waals surface area contributed by atoms with Crippen molar-refractivity contribution in [2.75, 3.05) is 26.3 Å². The van der Waals surface area contributed by atoms with E-state index in [1.165, 1.54) is 16.7 Å². The summed E-state index contributed by atoms with van der Waals surface area (Å²) in [5.74, 6) is 0. The Balaban J connectivity index is 1.45. The maximum absolute atomic E-state index is 6.14. The van der Waals surface area contributed by atoms with Gasteiger partial charge in [0.2, 0.25) is 0 Å². The molecular formula is C22H20ClN3O. The lowest BCUT2D eigenvalue weighted by atomic mass is 10.0. The quantitative estimate of drug-likeness (QED) is 0.553. The van der Waals surface area contributed by atoms with Crippen molar-refractivity contribution in [3.8, 4) is 11.1 Å². The molecule has 0 radical (unpaired) electrons. The minimum atomic E-state index is 0.654. The fourth-order valence-electron chi connectivity index (χ4n) is 3.75. The summed E-state index contributed by atoms with van der Waals surface area (Å²) in [6, 6.07) is 17.3. The molecule has 1 N–H and O–H groups in total. The molecule has 0 unspecified atom stereocenters. The van der Waals surface area contributed by atoms with Crippen LogP contribution in [0.25, 0.3) is 33.1 Å². The Hall–Kier alpha value is -2.40. The first-order chi connectivity index (χ1) is 13.3. The molecule has 0 saturated carbocycles. The molecule has 0 bridgehead atoms. The average Bonchev–Trinajstić information content (AvgIpc) is 3.06. The number of nitrogens with zero attached hydrogens (tertiary/aromatic N) is 2. The lowest BCUT2D eigenvalue weighted by Crippen LogP contribution is -2.35. The van der Waals surface area contributed by atoms with Crippen LogP contribution in [0.2, 0.25) is 5.02 Å². The third-order valence-electron chi connectivity index (χ3n) is 5.21. The van der Waals surface area contributed by atoms with Gasteiger partial charge in [-0.3, -0.25) is 4.90 Å². The Kier molecular flexibility index (Phi) is 4.32. The van der Waals surface area contributed by atoms with Gasteiger partial charge in [-0.05, 0) is 34.9 Å². The van der Waals surface area contributed by atoms with Gasteiger partial charge in [0.15, 0.2) is 0 Å². The van der Waals surface area contributed by atoms with E-state index in [1.54, 1.807) is 6.20 Å². The normalized spacial score (nSPS) is 15.6.